The zero-order valence-electron chi connectivity index (χ0n) is 66.8. The van der Waals surface area contributed by atoms with Crippen LogP contribution in [-0.2, 0) is 45.9 Å². The van der Waals surface area contributed by atoms with Gasteiger partial charge in [-0.25, -0.2) is 16.8 Å². The summed E-state index contributed by atoms with van der Waals surface area (Å²) in [5, 5.41) is 4.02. The van der Waals surface area contributed by atoms with Gasteiger partial charge in [0.2, 0.25) is 0 Å². The van der Waals surface area contributed by atoms with Crippen LogP contribution in [0.3, 0.4) is 0 Å². The van der Waals surface area contributed by atoms with Gasteiger partial charge in [0.1, 0.15) is 20.2 Å². The molecular weight excluding hydrogens is 1400 g/mol. The molecule has 0 aliphatic carbocycles. The molecule has 0 saturated carbocycles. The largest absolute Gasteiger partial charge is 2.00 e. The Hall–Kier alpha value is -1.21. The molecule has 0 spiro atoms. The number of fused-ring (bicyclic) bond motifs is 2. The predicted octanol–water partition coefficient (Wildman–Crippen LogP) is 30.3. The number of rotatable bonds is 70. The average molecular weight is 1560 g/mol. The van der Waals surface area contributed by atoms with Gasteiger partial charge >= 0.3 is 48.9 Å². The van der Waals surface area contributed by atoms with E-state index in [1.165, 1.54) is 396 Å². The number of hydrogen-bond acceptors (Lipinski definition) is 6. The Labute approximate surface area is 667 Å². The van der Waals surface area contributed by atoms with Crippen LogP contribution >= 0.6 is 0 Å². The fourth-order valence-corrected chi connectivity index (χ4v) is 16.5. The molecule has 0 fully saturated rings. The third kappa shape index (κ3) is 52.5. The van der Waals surface area contributed by atoms with Crippen LogP contribution in [0.25, 0.3) is 21.5 Å². The number of unbranched alkanes of at least 4 members (excludes halogenated alkanes) is 60. The number of hydrogen-bond donors (Lipinski definition) is 0. The van der Waals surface area contributed by atoms with Gasteiger partial charge in [0.25, 0.3) is 0 Å². The monoisotopic (exact) mass is 1560 g/mol. The molecule has 0 N–H and O–H groups in total. The standard InChI is InChI=1S/2C46H80O3S.Ba/c2*1-3-5-7-9-11-13-15-17-19-21-23-25-27-29-31-33-35-42-37-38-44-41-45(50(47,48)49)40-43(46(44)39-42)36-34-32-30-28-26-24-22-20-18-16-14-12-10-8-6-4-2;/h2*37-41H,3-36H2,1-2H3,(H,47,48,49);/q;;+2/p-2. The Morgan fingerprint density at radius 3 is 0.564 bits per heavy atom. The Balaban J connectivity index is 0.000000680. The quantitative estimate of drug-likeness (QED) is 0.0247. The minimum Gasteiger partial charge on any atom is -0.744 e. The Bertz CT molecular complexity index is 2570. The molecule has 0 heterocycles. The molecule has 101 heavy (non-hydrogen) atoms. The molecule has 0 amide bonds. The predicted molar refractivity (Wildman–Crippen MR) is 443 cm³/mol. The van der Waals surface area contributed by atoms with Crippen molar-refractivity contribution >= 4 is 90.7 Å². The molecule has 9 heteroatoms. The normalized spacial score (nSPS) is 11.9. The van der Waals surface area contributed by atoms with Crippen LogP contribution in [0.5, 0.6) is 0 Å². The third-order valence-electron chi connectivity index (χ3n) is 22.0. The van der Waals surface area contributed by atoms with E-state index in [-0.39, 0.29) is 58.7 Å². The number of benzene rings is 4. The molecule has 0 atom stereocenters. The third-order valence-corrected chi connectivity index (χ3v) is 23.6. The first-order valence-electron chi connectivity index (χ1n) is 43.9. The van der Waals surface area contributed by atoms with Crippen molar-refractivity contribution in [2.24, 2.45) is 0 Å². The zero-order chi connectivity index (χ0) is 71.9. The van der Waals surface area contributed by atoms with E-state index in [1.807, 2.05) is 12.1 Å². The Morgan fingerprint density at radius 2 is 0.386 bits per heavy atom. The molecular formula is C92H158BaO6S2. The molecule has 4 aromatic rings. The van der Waals surface area contributed by atoms with Gasteiger partial charge in [0, 0.05) is 0 Å². The summed E-state index contributed by atoms with van der Waals surface area (Å²) >= 11 is 0. The summed E-state index contributed by atoms with van der Waals surface area (Å²) in [4.78, 5) is -0.163. The van der Waals surface area contributed by atoms with Gasteiger partial charge in [-0.3, -0.25) is 0 Å². The van der Waals surface area contributed by atoms with Crippen molar-refractivity contribution in [3.63, 3.8) is 0 Å². The second-order valence-corrected chi connectivity index (χ2v) is 34.2. The summed E-state index contributed by atoms with van der Waals surface area (Å²) in [5.41, 5.74) is 4.70. The van der Waals surface area contributed by atoms with E-state index in [0.717, 1.165) is 84.0 Å². The maximum Gasteiger partial charge on any atom is 2.00 e. The van der Waals surface area contributed by atoms with Crippen molar-refractivity contribution in [3.05, 3.63) is 82.9 Å². The first kappa shape index (κ1) is 95.9. The molecule has 0 radical (unpaired) electrons. The summed E-state index contributed by atoms with van der Waals surface area (Å²) in [6, 6.07) is 19.3. The molecule has 0 aromatic heterocycles. The summed E-state index contributed by atoms with van der Waals surface area (Å²) < 4.78 is 71.6. The molecule has 4 rings (SSSR count). The van der Waals surface area contributed by atoms with Gasteiger partial charge in [-0.15, -0.1) is 0 Å². The molecule has 0 bridgehead atoms. The van der Waals surface area contributed by atoms with Gasteiger partial charge in [-0.1, -0.05) is 449 Å². The molecule has 6 nitrogen and oxygen atoms in total. The maximum absolute atomic E-state index is 11.9. The van der Waals surface area contributed by atoms with E-state index in [4.69, 9.17) is 0 Å². The van der Waals surface area contributed by atoms with Crippen LogP contribution < -0.4 is 0 Å². The smallest absolute Gasteiger partial charge is 0.744 e. The van der Waals surface area contributed by atoms with E-state index < -0.39 is 20.2 Å². The molecule has 0 aliphatic rings. The van der Waals surface area contributed by atoms with Crippen molar-refractivity contribution in [2.75, 3.05) is 0 Å². The maximum atomic E-state index is 11.9. The van der Waals surface area contributed by atoms with Crippen LogP contribution in [0.15, 0.2) is 70.5 Å². The Kier molecular flexibility index (Phi) is 63.5. The first-order valence-corrected chi connectivity index (χ1v) is 46.8. The second kappa shape index (κ2) is 67.0. The molecule has 0 saturated heterocycles. The SMILES string of the molecule is CCCCCCCCCCCCCCCCCCc1ccc2cc(S(=O)(=O)[O-])cc(CCCCCCCCCCCCCCCCCC)c2c1.CCCCCCCCCCCCCCCCCCc1ccc2cc(S(=O)(=O)[O-])cc(CCCCCCCCCCCCCCCCCC)c2c1.[Ba+2]. The van der Waals surface area contributed by atoms with Crippen molar-refractivity contribution in [2.45, 2.75) is 474 Å². The van der Waals surface area contributed by atoms with E-state index >= 15 is 0 Å². The van der Waals surface area contributed by atoms with Crippen LogP contribution in [0.4, 0.5) is 0 Å². The Morgan fingerprint density at radius 1 is 0.218 bits per heavy atom. The van der Waals surface area contributed by atoms with E-state index in [2.05, 4.69) is 52.0 Å². The van der Waals surface area contributed by atoms with E-state index in [9.17, 15) is 25.9 Å². The van der Waals surface area contributed by atoms with Crippen LogP contribution in [-0.4, -0.2) is 74.8 Å². The van der Waals surface area contributed by atoms with Gasteiger partial charge in [0.05, 0.1) is 9.79 Å². The van der Waals surface area contributed by atoms with E-state index in [1.54, 1.807) is 24.3 Å². The first-order chi connectivity index (χ1) is 48.9. The van der Waals surface area contributed by atoms with Crippen molar-refractivity contribution in [1.29, 1.82) is 0 Å². The molecule has 4 aromatic carbocycles. The molecule has 0 unspecified atom stereocenters. The van der Waals surface area contributed by atoms with Crippen LogP contribution in [0.1, 0.15) is 461 Å². The van der Waals surface area contributed by atoms with Crippen molar-refractivity contribution in [3.8, 4) is 0 Å². The van der Waals surface area contributed by atoms with Gasteiger partial charge < -0.3 is 9.11 Å². The summed E-state index contributed by atoms with van der Waals surface area (Å²) in [5.74, 6) is 0. The van der Waals surface area contributed by atoms with Crippen LogP contribution in [0.2, 0.25) is 0 Å². The topological polar surface area (TPSA) is 114 Å². The fourth-order valence-electron chi connectivity index (χ4n) is 15.4. The minimum absolute atomic E-state index is 0. The summed E-state index contributed by atoms with van der Waals surface area (Å²) in [7, 11) is -8.95. The van der Waals surface area contributed by atoms with Gasteiger partial charge in [-0.05, 0) is 119 Å². The second-order valence-electron chi connectivity index (χ2n) is 31.4. The van der Waals surface area contributed by atoms with E-state index in [0.29, 0.717) is 0 Å². The van der Waals surface area contributed by atoms with Crippen LogP contribution in [0, 0.1) is 0 Å². The van der Waals surface area contributed by atoms with Crippen molar-refractivity contribution < 1.29 is 25.9 Å². The zero-order valence-corrected chi connectivity index (χ0v) is 72.9. The summed E-state index contributed by atoms with van der Waals surface area (Å²) in [6.45, 7) is 9.14. The van der Waals surface area contributed by atoms with Gasteiger partial charge in [-0.2, -0.15) is 0 Å². The summed E-state index contributed by atoms with van der Waals surface area (Å²) in [6.07, 6.45) is 90.8. The molecule has 576 valence electrons. The minimum atomic E-state index is -4.48. The fraction of sp³-hybridized carbons (Fsp3) is 0.783. The average Bonchev–Trinajstić information content (AvgIpc) is 0.797. The van der Waals surface area contributed by atoms with Crippen molar-refractivity contribution in [1.82, 2.24) is 0 Å². The molecule has 0 aliphatic heterocycles. The van der Waals surface area contributed by atoms with Gasteiger partial charge in [0.15, 0.2) is 0 Å². The number of aryl methyl sites for hydroxylation is 4.